The maximum Gasteiger partial charge on any atom is 0.290 e. The third kappa shape index (κ3) is 7.40. The number of carbonyl (C=O) groups excluding carboxylic acids is 1. The zero-order valence-corrected chi connectivity index (χ0v) is 13.6. The van der Waals surface area contributed by atoms with E-state index in [9.17, 15) is 9.59 Å². The first-order chi connectivity index (χ1) is 11.4. The molecule has 0 fully saturated rings. The van der Waals surface area contributed by atoms with Gasteiger partial charge in [0, 0.05) is 19.0 Å². The topological polar surface area (TPSA) is 180 Å². The molecular weight excluding hydrogens is 338 g/mol. The van der Waals surface area contributed by atoms with Crippen molar-refractivity contribution in [3.8, 4) is 0 Å². The van der Waals surface area contributed by atoms with Crippen LogP contribution in [0.5, 0.6) is 0 Å². The van der Waals surface area contributed by atoms with E-state index in [1.165, 1.54) is 17.8 Å². The first kappa shape index (κ1) is 19.2. The molecule has 0 aliphatic heterocycles. The summed E-state index contributed by atoms with van der Waals surface area (Å²) in [5.41, 5.74) is 5.16. The van der Waals surface area contributed by atoms with Gasteiger partial charge < -0.3 is 21.1 Å². The third-order valence-electron chi connectivity index (χ3n) is 2.40. The van der Waals surface area contributed by atoms with Crippen LogP contribution in [-0.2, 0) is 16.0 Å². The van der Waals surface area contributed by atoms with Gasteiger partial charge in [0.05, 0.1) is 5.75 Å². The molecular formula is C12H17N7O4S. The molecule has 0 aliphatic rings. The standard InChI is InChI=1S/C11H15N7O2S.CH2O2/c1-6-14-11(18-17-6)21-5-10(20)13-3-2-8-15-7(12)4-9(19)16-8;2-1-3/h4H,2-3,5H2,1H3,(H,13,20)(H,14,17,18)(H3,12,15,16,19);1H,(H,2,3). The van der Waals surface area contributed by atoms with E-state index >= 15 is 0 Å². The van der Waals surface area contributed by atoms with Gasteiger partial charge in [-0.05, 0) is 6.92 Å². The molecule has 0 aliphatic carbocycles. The van der Waals surface area contributed by atoms with Gasteiger partial charge >= 0.3 is 0 Å². The lowest BCUT2D eigenvalue weighted by Gasteiger charge is -2.04. The minimum absolute atomic E-state index is 0.145. The number of nitrogens with two attached hydrogens (primary N) is 1. The minimum atomic E-state index is -0.306. The van der Waals surface area contributed by atoms with E-state index < -0.39 is 0 Å². The van der Waals surface area contributed by atoms with E-state index in [0.717, 1.165) is 0 Å². The normalized spacial score (nSPS) is 9.71. The number of aromatic nitrogens is 5. The molecule has 12 heteroatoms. The molecule has 0 saturated heterocycles. The number of nitrogen functional groups attached to an aromatic ring is 1. The summed E-state index contributed by atoms with van der Waals surface area (Å²) in [5, 5.41) is 16.8. The van der Waals surface area contributed by atoms with Gasteiger partial charge in [-0.2, -0.15) is 0 Å². The summed E-state index contributed by atoms with van der Waals surface area (Å²) in [7, 11) is 0. The number of carbonyl (C=O) groups is 2. The first-order valence-electron chi connectivity index (χ1n) is 6.66. The number of hydrogen-bond acceptors (Lipinski definition) is 8. The Balaban J connectivity index is 0.000000891. The Morgan fingerprint density at radius 2 is 2.21 bits per heavy atom. The highest BCUT2D eigenvalue weighted by molar-refractivity contribution is 7.99. The Bertz CT molecular complexity index is 730. The number of hydrogen-bond donors (Lipinski definition) is 5. The van der Waals surface area contributed by atoms with Crippen LogP contribution in [0.15, 0.2) is 16.0 Å². The van der Waals surface area contributed by atoms with Crippen molar-refractivity contribution in [3.63, 3.8) is 0 Å². The number of aryl methyl sites for hydroxylation is 1. The highest BCUT2D eigenvalue weighted by atomic mass is 32.2. The van der Waals surface area contributed by atoms with Crippen molar-refractivity contribution in [2.75, 3.05) is 18.0 Å². The number of amides is 1. The number of nitrogens with one attached hydrogen (secondary N) is 3. The lowest BCUT2D eigenvalue weighted by Crippen LogP contribution is -2.28. The van der Waals surface area contributed by atoms with E-state index in [-0.39, 0.29) is 29.5 Å². The lowest BCUT2D eigenvalue weighted by atomic mass is 10.4. The number of H-pyrrole nitrogens is 2. The fourth-order valence-corrected chi connectivity index (χ4v) is 2.21. The van der Waals surface area contributed by atoms with Gasteiger partial charge in [-0.15, -0.1) is 5.10 Å². The van der Waals surface area contributed by atoms with Crippen molar-refractivity contribution in [2.24, 2.45) is 0 Å². The predicted molar refractivity (Wildman–Crippen MR) is 86.5 cm³/mol. The van der Waals surface area contributed by atoms with Crippen LogP contribution in [-0.4, -0.2) is 54.9 Å². The highest BCUT2D eigenvalue weighted by Crippen LogP contribution is 2.10. The van der Waals surface area contributed by atoms with Crippen molar-refractivity contribution in [2.45, 2.75) is 18.5 Å². The second-order valence-corrected chi connectivity index (χ2v) is 5.26. The molecule has 6 N–H and O–H groups in total. The monoisotopic (exact) mass is 355 g/mol. The summed E-state index contributed by atoms with van der Waals surface area (Å²) < 4.78 is 0. The van der Waals surface area contributed by atoms with Crippen molar-refractivity contribution < 1.29 is 14.7 Å². The highest BCUT2D eigenvalue weighted by Gasteiger charge is 2.06. The van der Waals surface area contributed by atoms with Crippen molar-refractivity contribution in [3.05, 3.63) is 28.1 Å². The Kier molecular flexibility index (Phi) is 7.98. The smallest absolute Gasteiger partial charge is 0.290 e. The summed E-state index contributed by atoms with van der Waals surface area (Å²) in [4.78, 5) is 41.8. The third-order valence-corrected chi connectivity index (χ3v) is 3.25. The molecule has 0 saturated carbocycles. The van der Waals surface area contributed by atoms with Crippen molar-refractivity contribution in [1.29, 1.82) is 0 Å². The number of rotatable bonds is 6. The van der Waals surface area contributed by atoms with E-state index in [1.807, 2.05) is 0 Å². The van der Waals surface area contributed by atoms with E-state index in [4.69, 9.17) is 15.6 Å². The van der Waals surface area contributed by atoms with Gasteiger partial charge in [0.1, 0.15) is 17.5 Å². The van der Waals surface area contributed by atoms with Gasteiger partial charge in [0.25, 0.3) is 12.0 Å². The minimum Gasteiger partial charge on any atom is -0.483 e. The van der Waals surface area contributed by atoms with Crippen LogP contribution in [0, 0.1) is 6.92 Å². The van der Waals surface area contributed by atoms with E-state index in [2.05, 4.69) is 30.5 Å². The van der Waals surface area contributed by atoms with Gasteiger partial charge in [0.15, 0.2) is 0 Å². The molecule has 0 atom stereocenters. The average molecular weight is 355 g/mol. The molecule has 0 unspecified atom stereocenters. The molecule has 24 heavy (non-hydrogen) atoms. The summed E-state index contributed by atoms with van der Waals surface area (Å²) in [6.45, 7) is 1.90. The maximum absolute atomic E-state index is 11.6. The van der Waals surface area contributed by atoms with Crippen LogP contribution < -0.4 is 16.6 Å². The van der Waals surface area contributed by atoms with Crippen LogP contribution >= 0.6 is 11.8 Å². The molecule has 130 valence electrons. The molecule has 2 aromatic rings. The van der Waals surface area contributed by atoms with Crippen LogP contribution in [0.4, 0.5) is 5.82 Å². The number of nitrogens with zero attached hydrogens (tertiary/aromatic N) is 3. The molecule has 11 nitrogen and oxygen atoms in total. The molecule has 1 amide bonds. The summed E-state index contributed by atoms with van der Waals surface area (Å²) >= 11 is 1.24. The van der Waals surface area contributed by atoms with Crippen LogP contribution in [0.3, 0.4) is 0 Å². The Morgan fingerprint density at radius 3 is 2.79 bits per heavy atom. The molecule has 0 bridgehead atoms. The summed E-state index contributed by atoms with van der Waals surface area (Å²) in [5.74, 6) is 1.38. The molecule has 2 rings (SSSR count). The fourth-order valence-electron chi connectivity index (χ4n) is 1.54. The van der Waals surface area contributed by atoms with Gasteiger partial charge in [-0.25, -0.2) is 9.97 Å². The quantitative estimate of drug-likeness (QED) is 0.318. The van der Waals surface area contributed by atoms with Crippen LogP contribution in [0.1, 0.15) is 11.6 Å². The zero-order valence-electron chi connectivity index (χ0n) is 12.8. The zero-order chi connectivity index (χ0) is 17.9. The number of anilines is 1. The lowest BCUT2D eigenvalue weighted by molar-refractivity contribution is -0.123. The van der Waals surface area contributed by atoms with Crippen LogP contribution in [0.2, 0.25) is 0 Å². The average Bonchev–Trinajstić information content (AvgIpc) is 2.91. The van der Waals surface area contributed by atoms with Gasteiger partial charge in [-0.3, -0.25) is 19.5 Å². The predicted octanol–water partition coefficient (Wildman–Crippen LogP) is -1.07. The Morgan fingerprint density at radius 1 is 1.50 bits per heavy atom. The fraction of sp³-hybridized carbons (Fsp3) is 0.333. The second kappa shape index (κ2) is 9.99. The number of aromatic amines is 2. The van der Waals surface area contributed by atoms with Crippen molar-refractivity contribution >= 4 is 30.0 Å². The van der Waals surface area contributed by atoms with Crippen molar-refractivity contribution in [1.82, 2.24) is 30.5 Å². The van der Waals surface area contributed by atoms with E-state index in [1.54, 1.807) is 6.92 Å². The number of carboxylic acid groups (broad SMARTS) is 1. The maximum atomic E-state index is 11.6. The van der Waals surface area contributed by atoms with Crippen LogP contribution in [0.25, 0.3) is 0 Å². The second-order valence-electron chi connectivity index (χ2n) is 4.31. The molecule has 0 spiro atoms. The molecule has 0 aromatic carbocycles. The Labute approximate surface area is 140 Å². The molecule has 2 aromatic heterocycles. The van der Waals surface area contributed by atoms with E-state index in [0.29, 0.717) is 29.8 Å². The molecule has 0 radical (unpaired) electrons. The largest absolute Gasteiger partial charge is 0.483 e. The Hall–Kier alpha value is -2.89. The molecule has 2 heterocycles. The van der Waals surface area contributed by atoms with Gasteiger partial charge in [0.2, 0.25) is 11.1 Å². The van der Waals surface area contributed by atoms with Gasteiger partial charge in [-0.1, -0.05) is 11.8 Å². The summed E-state index contributed by atoms with van der Waals surface area (Å²) in [6.07, 6.45) is 0.399. The first-order valence-corrected chi connectivity index (χ1v) is 7.65. The summed E-state index contributed by atoms with van der Waals surface area (Å²) in [6, 6.07) is 1.21. The SMILES string of the molecule is Cc1nc(SCC(=O)NCCc2nc(N)cc(=O)[nH]2)n[nH]1.O=CO. The number of thioether (sulfide) groups is 1.